The fourth-order valence-electron chi connectivity index (χ4n) is 1.42. The lowest BCUT2D eigenvalue weighted by Crippen LogP contribution is -2.41. The van der Waals surface area contributed by atoms with Gasteiger partial charge in [-0.25, -0.2) is 0 Å². The van der Waals surface area contributed by atoms with Gasteiger partial charge in [0, 0.05) is 39.9 Å². The highest BCUT2D eigenvalue weighted by atomic mass is 127. The average molecular weight is 386 g/mol. The Morgan fingerprint density at radius 3 is 2.42 bits per heavy atom. The van der Waals surface area contributed by atoms with Gasteiger partial charge in [0.15, 0.2) is 5.96 Å². The lowest BCUT2D eigenvalue weighted by atomic mass is 10.3. The largest absolute Gasteiger partial charge is 0.382 e. The molecule has 0 aromatic heterocycles. The van der Waals surface area contributed by atoms with Crippen LogP contribution in [-0.4, -0.2) is 64.3 Å². The van der Waals surface area contributed by atoms with Crippen LogP contribution in [0.4, 0.5) is 0 Å². The maximum atomic E-state index is 5.29. The molecule has 5 nitrogen and oxygen atoms in total. The second-order valence-electron chi connectivity index (χ2n) is 4.23. The first-order chi connectivity index (χ1) is 8.74. The number of unbranched alkanes of at least 4 members (excludes halogenated alkanes) is 1. The van der Waals surface area contributed by atoms with E-state index in [4.69, 9.17) is 4.74 Å². The molecule has 0 bridgehead atoms. The van der Waals surface area contributed by atoms with E-state index in [1.807, 2.05) is 6.92 Å². The molecule has 0 radical (unpaired) electrons. The minimum atomic E-state index is 0. The van der Waals surface area contributed by atoms with Crippen LogP contribution in [0.5, 0.6) is 0 Å². The third kappa shape index (κ3) is 14.1. The van der Waals surface area contributed by atoms with Crippen LogP contribution in [0.1, 0.15) is 26.7 Å². The summed E-state index contributed by atoms with van der Waals surface area (Å²) >= 11 is 0. The Morgan fingerprint density at radius 1 is 1.16 bits per heavy atom. The van der Waals surface area contributed by atoms with Crippen molar-refractivity contribution in [2.24, 2.45) is 4.99 Å². The zero-order valence-corrected chi connectivity index (χ0v) is 15.2. The van der Waals surface area contributed by atoms with Gasteiger partial charge in [0.25, 0.3) is 0 Å². The second kappa shape index (κ2) is 16.0. The van der Waals surface area contributed by atoms with E-state index in [1.54, 1.807) is 7.05 Å². The van der Waals surface area contributed by atoms with Gasteiger partial charge in [-0.05, 0) is 33.4 Å². The van der Waals surface area contributed by atoms with Crippen LogP contribution >= 0.6 is 24.0 Å². The van der Waals surface area contributed by atoms with E-state index in [1.165, 1.54) is 0 Å². The van der Waals surface area contributed by atoms with Gasteiger partial charge in [-0.3, -0.25) is 4.99 Å². The van der Waals surface area contributed by atoms with E-state index in [-0.39, 0.29) is 24.0 Å². The van der Waals surface area contributed by atoms with Crippen LogP contribution in [0, 0.1) is 0 Å². The van der Waals surface area contributed by atoms with Gasteiger partial charge in [0.05, 0.1) is 0 Å². The predicted molar refractivity (Wildman–Crippen MR) is 93.7 cm³/mol. The van der Waals surface area contributed by atoms with Gasteiger partial charge in [-0.15, -0.1) is 24.0 Å². The summed E-state index contributed by atoms with van der Waals surface area (Å²) in [4.78, 5) is 6.46. The third-order valence-electron chi connectivity index (χ3n) is 2.76. The van der Waals surface area contributed by atoms with Crippen LogP contribution in [0.15, 0.2) is 4.99 Å². The summed E-state index contributed by atoms with van der Waals surface area (Å²) < 4.78 is 5.29. The molecule has 116 valence electrons. The highest BCUT2D eigenvalue weighted by Gasteiger charge is 1.98. The molecule has 0 atom stereocenters. The molecule has 6 heteroatoms. The number of halogens is 1. The zero-order valence-electron chi connectivity index (χ0n) is 12.9. The smallest absolute Gasteiger partial charge is 0.191 e. The van der Waals surface area contributed by atoms with Crippen LogP contribution in [-0.2, 0) is 4.74 Å². The van der Waals surface area contributed by atoms with E-state index >= 15 is 0 Å². The number of hydrogen-bond donors (Lipinski definition) is 2. The lowest BCUT2D eigenvalue weighted by molar-refractivity contribution is 0.143. The second-order valence-corrected chi connectivity index (χ2v) is 4.23. The van der Waals surface area contributed by atoms with Gasteiger partial charge in [0.1, 0.15) is 0 Å². The van der Waals surface area contributed by atoms with Crippen molar-refractivity contribution in [2.75, 3.05) is 53.5 Å². The predicted octanol–water partition coefficient (Wildman–Crippen LogP) is 1.54. The van der Waals surface area contributed by atoms with Gasteiger partial charge < -0.3 is 20.3 Å². The Hall–Kier alpha value is -0.0800. The van der Waals surface area contributed by atoms with Crippen molar-refractivity contribution in [1.82, 2.24) is 15.5 Å². The molecule has 0 amide bonds. The fourth-order valence-corrected chi connectivity index (χ4v) is 1.42. The topological polar surface area (TPSA) is 48.9 Å². The zero-order chi connectivity index (χ0) is 13.6. The third-order valence-corrected chi connectivity index (χ3v) is 2.76. The molecule has 0 saturated heterocycles. The molecule has 0 saturated carbocycles. The summed E-state index contributed by atoms with van der Waals surface area (Å²) in [6.45, 7) is 9.81. The minimum absolute atomic E-state index is 0. The maximum Gasteiger partial charge on any atom is 0.191 e. The fraction of sp³-hybridized carbons (Fsp3) is 0.923. The number of rotatable bonds is 10. The van der Waals surface area contributed by atoms with Crippen molar-refractivity contribution in [3.05, 3.63) is 0 Å². The highest BCUT2D eigenvalue weighted by Crippen LogP contribution is 1.88. The summed E-state index contributed by atoms with van der Waals surface area (Å²) in [6.07, 6.45) is 2.20. The molecule has 0 aliphatic carbocycles. The molecule has 0 fully saturated rings. The van der Waals surface area contributed by atoms with Gasteiger partial charge in [0.2, 0.25) is 0 Å². The molecule has 0 heterocycles. The Balaban J connectivity index is 0. The molecular formula is C13H31IN4O. The number of aliphatic imine (C=N–C) groups is 1. The molecular weight excluding hydrogens is 355 g/mol. The molecule has 0 aliphatic heterocycles. The minimum Gasteiger partial charge on any atom is -0.382 e. The quantitative estimate of drug-likeness (QED) is 0.259. The van der Waals surface area contributed by atoms with Crippen LogP contribution < -0.4 is 10.6 Å². The molecule has 19 heavy (non-hydrogen) atoms. The van der Waals surface area contributed by atoms with Crippen LogP contribution in [0.25, 0.3) is 0 Å². The summed E-state index contributed by atoms with van der Waals surface area (Å²) in [5, 5.41) is 6.61. The molecule has 0 rings (SSSR count). The first kappa shape index (κ1) is 21.2. The van der Waals surface area contributed by atoms with Crippen molar-refractivity contribution >= 4 is 29.9 Å². The summed E-state index contributed by atoms with van der Waals surface area (Å²) in [6, 6.07) is 0. The Kier molecular flexibility index (Phi) is 17.8. The Morgan fingerprint density at radius 2 is 1.84 bits per heavy atom. The van der Waals surface area contributed by atoms with Crippen molar-refractivity contribution in [2.45, 2.75) is 26.7 Å². The summed E-state index contributed by atoms with van der Waals surface area (Å²) in [5.74, 6) is 0.885. The number of nitrogens with one attached hydrogen (secondary N) is 2. The van der Waals surface area contributed by atoms with E-state index in [0.29, 0.717) is 0 Å². The maximum absolute atomic E-state index is 5.29. The number of likely N-dealkylation sites (N-methyl/N-ethyl adjacent to an activating group) is 1. The Bertz CT molecular complexity index is 215. The standard InChI is InChI=1S/C13H30N4O.HI/c1-5-17(4)11-10-16-13(14-3)15-9-7-8-12-18-6-2;/h5-12H2,1-4H3,(H2,14,15,16);1H. The summed E-state index contributed by atoms with van der Waals surface area (Å²) in [7, 11) is 3.92. The van der Waals surface area contributed by atoms with E-state index in [2.05, 4.69) is 34.5 Å². The normalized spacial score (nSPS) is 11.3. The van der Waals surface area contributed by atoms with Crippen molar-refractivity contribution in [3.8, 4) is 0 Å². The number of guanidine groups is 1. The van der Waals surface area contributed by atoms with Crippen molar-refractivity contribution in [1.29, 1.82) is 0 Å². The Labute approximate surface area is 135 Å². The molecule has 0 aromatic rings. The van der Waals surface area contributed by atoms with E-state index < -0.39 is 0 Å². The molecule has 0 spiro atoms. The molecule has 2 N–H and O–H groups in total. The first-order valence-electron chi connectivity index (χ1n) is 6.95. The first-order valence-corrected chi connectivity index (χ1v) is 6.95. The van der Waals surface area contributed by atoms with E-state index in [0.717, 1.165) is 58.2 Å². The van der Waals surface area contributed by atoms with Gasteiger partial charge in [-0.2, -0.15) is 0 Å². The van der Waals surface area contributed by atoms with Crippen molar-refractivity contribution < 1.29 is 4.74 Å². The SMILES string of the molecule is CCOCCCCNC(=NC)NCCN(C)CC.I. The van der Waals surface area contributed by atoms with Crippen LogP contribution in [0.3, 0.4) is 0 Å². The van der Waals surface area contributed by atoms with Crippen LogP contribution in [0.2, 0.25) is 0 Å². The number of nitrogens with zero attached hydrogens (tertiary/aromatic N) is 2. The monoisotopic (exact) mass is 386 g/mol. The number of hydrogen-bond acceptors (Lipinski definition) is 3. The molecule has 0 aromatic carbocycles. The van der Waals surface area contributed by atoms with E-state index in [9.17, 15) is 0 Å². The number of ether oxygens (including phenoxy) is 1. The highest BCUT2D eigenvalue weighted by molar-refractivity contribution is 14.0. The molecule has 0 aliphatic rings. The summed E-state index contributed by atoms with van der Waals surface area (Å²) in [5.41, 5.74) is 0. The van der Waals surface area contributed by atoms with Gasteiger partial charge >= 0.3 is 0 Å². The van der Waals surface area contributed by atoms with Gasteiger partial charge in [-0.1, -0.05) is 6.92 Å². The average Bonchev–Trinajstić information content (AvgIpc) is 2.40. The molecule has 0 unspecified atom stereocenters. The van der Waals surface area contributed by atoms with Crippen molar-refractivity contribution in [3.63, 3.8) is 0 Å². The lowest BCUT2D eigenvalue weighted by Gasteiger charge is -2.16.